The van der Waals surface area contributed by atoms with Gasteiger partial charge in [-0.1, -0.05) is 29.4 Å². The Morgan fingerprint density at radius 3 is 1.95 bits per heavy atom. The third-order valence-electron chi connectivity index (χ3n) is 7.38. The molecule has 0 bridgehead atoms. The number of nitrogens with zero attached hydrogens (tertiary/aromatic N) is 3. The van der Waals surface area contributed by atoms with E-state index in [0.29, 0.717) is 29.2 Å². The van der Waals surface area contributed by atoms with Crippen LogP contribution in [0.5, 0.6) is 0 Å². The van der Waals surface area contributed by atoms with Gasteiger partial charge in [0.05, 0.1) is 23.6 Å². The van der Waals surface area contributed by atoms with Crippen LogP contribution in [0.15, 0.2) is 102 Å². The Bertz CT molecular complexity index is 1590. The SMILES string of the molecule is CC(=O)O/N=C(/C(=O)c1ccc(N(c2ccccc2)c2ccc(C(=O)C(C)(C)N3CCOCC3)cc2)cc1)c1cccs1. The summed E-state index contributed by atoms with van der Waals surface area (Å²) >= 11 is 1.34. The first-order valence-electron chi connectivity index (χ1n) is 14.0. The van der Waals surface area contributed by atoms with Gasteiger partial charge in [-0.05, 0) is 86.0 Å². The summed E-state index contributed by atoms with van der Waals surface area (Å²) in [6.45, 7) is 7.87. The Morgan fingerprint density at radius 1 is 0.814 bits per heavy atom. The van der Waals surface area contributed by atoms with Crippen LogP contribution in [0.3, 0.4) is 0 Å². The van der Waals surface area contributed by atoms with Gasteiger partial charge in [-0.25, -0.2) is 4.79 Å². The van der Waals surface area contributed by atoms with E-state index in [2.05, 4.69) is 15.0 Å². The van der Waals surface area contributed by atoms with Crippen LogP contribution in [-0.4, -0.2) is 60.0 Å². The van der Waals surface area contributed by atoms with Gasteiger partial charge in [0.2, 0.25) is 5.78 Å². The normalized spacial score (nSPS) is 14.3. The molecule has 0 atom stereocenters. The number of Topliss-reactive ketones (excluding diaryl/α,β-unsaturated/α-hetero) is 2. The lowest BCUT2D eigenvalue weighted by Crippen LogP contribution is -2.54. The summed E-state index contributed by atoms with van der Waals surface area (Å²) < 4.78 is 5.47. The predicted molar refractivity (Wildman–Crippen MR) is 169 cm³/mol. The third kappa shape index (κ3) is 6.80. The fourth-order valence-corrected chi connectivity index (χ4v) is 5.73. The van der Waals surface area contributed by atoms with Gasteiger partial charge < -0.3 is 14.5 Å². The van der Waals surface area contributed by atoms with E-state index in [1.807, 2.05) is 86.0 Å². The predicted octanol–water partition coefficient (Wildman–Crippen LogP) is 6.66. The average Bonchev–Trinajstić information content (AvgIpc) is 3.57. The van der Waals surface area contributed by atoms with E-state index in [0.717, 1.165) is 30.2 Å². The second kappa shape index (κ2) is 13.2. The molecular formula is C34H33N3O5S. The van der Waals surface area contributed by atoms with Crippen LogP contribution in [0.25, 0.3) is 0 Å². The zero-order valence-corrected chi connectivity index (χ0v) is 25.2. The van der Waals surface area contributed by atoms with Crippen molar-refractivity contribution in [2.75, 3.05) is 31.2 Å². The summed E-state index contributed by atoms with van der Waals surface area (Å²) in [6, 6.07) is 28.2. The minimum absolute atomic E-state index is 0.0621. The third-order valence-corrected chi connectivity index (χ3v) is 8.26. The molecule has 2 heterocycles. The second-order valence-electron chi connectivity index (χ2n) is 10.6. The molecule has 4 aromatic rings. The molecule has 0 radical (unpaired) electrons. The fourth-order valence-electron chi connectivity index (χ4n) is 5.03. The standard InChI is InChI=1S/C34H33N3O5S/c1-24(38)42-35-31(30-10-7-23-43-30)32(39)25-11-15-28(16-12-25)37(27-8-5-4-6-9-27)29-17-13-26(14-18-29)33(40)34(2,3)36-19-21-41-22-20-36/h4-18,23H,19-22H2,1-3H3/b35-31+. The maximum atomic E-state index is 13.5. The number of anilines is 3. The van der Waals surface area contributed by atoms with Crippen molar-refractivity contribution in [1.82, 2.24) is 4.90 Å². The molecule has 8 nitrogen and oxygen atoms in total. The Morgan fingerprint density at radius 2 is 1.40 bits per heavy atom. The first-order valence-corrected chi connectivity index (χ1v) is 14.9. The Balaban J connectivity index is 1.43. The number of carbonyl (C=O) groups is 3. The van der Waals surface area contributed by atoms with Crippen molar-refractivity contribution in [3.05, 3.63) is 112 Å². The number of ketones is 2. The van der Waals surface area contributed by atoms with Crippen LogP contribution in [0.1, 0.15) is 46.4 Å². The van der Waals surface area contributed by atoms with E-state index in [1.165, 1.54) is 18.3 Å². The molecule has 1 fully saturated rings. The van der Waals surface area contributed by atoms with Crippen molar-refractivity contribution >= 4 is 51.6 Å². The largest absolute Gasteiger partial charge is 0.379 e. The minimum Gasteiger partial charge on any atom is -0.379 e. The Kier molecular flexibility index (Phi) is 9.25. The molecule has 0 N–H and O–H groups in total. The summed E-state index contributed by atoms with van der Waals surface area (Å²) in [5, 5.41) is 5.67. The van der Waals surface area contributed by atoms with Gasteiger partial charge in [0.15, 0.2) is 11.5 Å². The van der Waals surface area contributed by atoms with E-state index in [1.54, 1.807) is 24.3 Å². The van der Waals surface area contributed by atoms with Gasteiger partial charge in [0, 0.05) is 48.2 Å². The molecule has 220 valence electrons. The van der Waals surface area contributed by atoms with Crippen LogP contribution < -0.4 is 4.90 Å². The van der Waals surface area contributed by atoms with Gasteiger partial charge in [-0.15, -0.1) is 11.3 Å². The maximum absolute atomic E-state index is 13.5. The van der Waals surface area contributed by atoms with Gasteiger partial charge in [0.1, 0.15) is 0 Å². The van der Waals surface area contributed by atoms with E-state index in [4.69, 9.17) is 9.57 Å². The Hall–Kier alpha value is -4.44. The lowest BCUT2D eigenvalue weighted by atomic mass is 9.90. The molecule has 0 amide bonds. The van der Waals surface area contributed by atoms with Gasteiger partial charge >= 0.3 is 5.97 Å². The summed E-state index contributed by atoms with van der Waals surface area (Å²) in [4.78, 5) is 48.0. The molecule has 5 rings (SSSR count). The molecule has 1 aliphatic heterocycles. The average molecular weight is 596 g/mol. The molecule has 3 aromatic carbocycles. The lowest BCUT2D eigenvalue weighted by Gasteiger charge is -2.39. The molecule has 0 saturated carbocycles. The highest BCUT2D eigenvalue weighted by Crippen LogP contribution is 2.35. The molecular weight excluding hydrogens is 562 g/mol. The maximum Gasteiger partial charge on any atom is 0.332 e. The van der Waals surface area contributed by atoms with Crippen molar-refractivity contribution in [1.29, 1.82) is 0 Å². The number of thiophene rings is 1. The number of morpholine rings is 1. The van der Waals surface area contributed by atoms with E-state index >= 15 is 0 Å². The summed E-state index contributed by atoms with van der Waals surface area (Å²) in [5.41, 5.74) is 3.08. The van der Waals surface area contributed by atoms with Crippen LogP contribution in [-0.2, 0) is 14.4 Å². The van der Waals surface area contributed by atoms with Crippen LogP contribution in [0.2, 0.25) is 0 Å². The summed E-state index contributed by atoms with van der Waals surface area (Å²) in [5.74, 6) is -0.896. The first kappa shape index (κ1) is 30.0. The molecule has 1 aromatic heterocycles. The Labute approximate surface area is 255 Å². The molecule has 43 heavy (non-hydrogen) atoms. The highest BCUT2D eigenvalue weighted by atomic mass is 32.1. The zero-order valence-electron chi connectivity index (χ0n) is 24.4. The van der Waals surface area contributed by atoms with Gasteiger partial charge in [-0.2, -0.15) is 0 Å². The molecule has 1 aliphatic rings. The van der Waals surface area contributed by atoms with E-state index in [-0.39, 0.29) is 17.3 Å². The van der Waals surface area contributed by atoms with E-state index < -0.39 is 11.5 Å². The number of oxime groups is 1. The monoisotopic (exact) mass is 595 g/mol. The number of benzene rings is 3. The molecule has 9 heteroatoms. The van der Waals surface area contributed by atoms with Gasteiger partial charge in [0.25, 0.3) is 0 Å². The number of para-hydroxylation sites is 1. The zero-order chi connectivity index (χ0) is 30.4. The van der Waals surface area contributed by atoms with Crippen molar-refractivity contribution in [3.8, 4) is 0 Å². The molecule has 0 spiro atoms. The van der Waals surface area contributed by atoms with Crippen molar-refractivity contribution in [3.63, 3.8) is 0 Å². The minimum atomic E-state index is -0.645. The molecule has 1 saturated heterocycles. The number of rotatable bonds is 10. The number of hydrogen-bond donors (Lipinski definition) is 0. The fraction of sp³-hybridized carbons (Fsp3) is 0.235. The highest BCUT2D eigenvalue weighted by molar-refractivity contribution is 7.13. The summed E-state index contributed by atoms with van der Waals surface area (Å²) in [6.07, 6.45) is 0. The molecule has 0 aliphatic carbocycles. The van der Waals surface area contributed by atoms with Crippen molar-refractivity contribution in [2.45, 2.75) is 26.3 Å². The van der Waals surface area contributed by atoms with Crippen LogP contribution in [0.4, 0.5) is 17.1 Å². The second-order valence-corrected chi connectivity index (χ2v) is 11.5. The quantitative estimate of drug-likeness (QED) is 0.0877. The van der Waals surface area contributed by atoms with Crippen molar-refractivity contribution < 1.29 is 24.0 Å². The smallest absolute Gasteiger partial charge is 0.332 e. The van der Waals surface area contributed by atoms with Crippen LogP contribution in [0, 0.1) is 0 Å². The first-order chi connectivity index (χ1) is 20.8. The van der Waals surface area contributed by atoms with Crippen molar-refractivity contribution in [2.24, 2.45) is 5.16 Å². The number of hydrogen-bond acceptors (Lipinski definition) is 9. The topological polar surface area (TPSA) is 88.5 Å². The van der Waals surface area contributed by atoms with Crippen LogP contribution >= 0.6 is 11.3 Å². The lowest BCUT2D eigenvalue weighted by molar-refractivity contribution is -0.140. The van der Waals surface area contributed by atoms with Gasteiger partial charge in [-0.3, -0.25) is 14.5 Å². The highest BCUT2D eigenvalue weighted by Gasteiger charge is 2.36. The number of carbonyl (C=O) groups excluding carboxylic acids is 3. The number of ether oxygens (including phenoxy) is 1. The summed E-state index contributed by atoms with van der Waals surface area (Å²) in [7, 11) is 0. The van der Waals surface area contributed by atoms with E-state index in [9.17, 15) is 14.4 Å². The molecule has 0 unspecified atom stereocenters.